The van der Waals surface area contributed by atoms with Crippen LogP contribution >= 0.6 is 43.2 Å². The predicted octanol–water partition coefficient (Wildman–Crippen LogP) is 3.90. The zero-order chi connectivity index (χ0) is 14.7. The summed E-state index contributed by atoms with van der Waals surface area (Å²) in [7, 11) is 0. The van der Waals surface area contributed by atoms with Gasteiger partial charge in [0.15, 0.2) is 6.61 Å². The maximum absolute atomic E-state index is 11.9. The van der Waals surface area contributed by atoms with Crippen molar-refractivity contribution in [3.05, 3.63) is 49.0 Å². The molecule has 4 nitrogen and oxygen atoms in total. The molecule has 2 rings (SSSR count). The van der Waals surface area contributed by atoms with E-state index in [1.165, 1.54) is 11.3 Å². The highest BCUT2D eigenvalue weighted by Crippen LogP contribution is 2.29. The lowest BCUT2D eigenvalue weighted by molar-refractivity contribution is 0.0475. The van der Waals surface area contributed by atoms with Crippen LogP contribution in [0.15, 0.2) is 38.6 Å². The molecule has 0 unspecified atom stereocenters. The molecule has 0 fully saturated rings. The number of halogens is 2. The van der Waals surface area contributed by atoms with E-state index in [4.69, 9.17) is 10.5 Å². The van der Waals surface area contributed by atoms with Crippen molar-refractivity contribution in [2.75, 3.05) is 12.3 Å². The van der Waals surface area contributed by atoms with Gasteiger partial charge in [-0.2, -0.15) is 0 Å². The number of carbonyl (C=O) groups excluding carboxylic acids is 2. The van der Waals surface area contributed by atoms with Crippen molar-refractivity contribution >= 4 is 60.6 Å². The molecule has 0 amide bonds. The van der Waals surface area contributed by atoms with Crippen LogP contribution in [-0.2, 0) is 4.74 Å². The number of thiophene rings is 1. The molecule has 2 N–H and O–H groups in total. The van der Waals surface area contributed by atoms with Crippen molar-refractivity contribution in [2.24, 2.45) is 0 Å². The van der Waals surface area contributed by atoms with Gasteiger partial charge in [-0.3, -0.25) is 4.79 Å². The van der Waals surface area contributed by atoms with E-state index in [0.717, 1.165) is 0 Å². The zero-order valence-corrected chi connectivity index (χ0v) is 14.0. The largest absolute Gasteiger partial charge is 0.454 e. The van der Waals surface area contributed by atoms with Crippen molar-refractivity contribution in [1.82, 2.24) is 0 Å². The second kappa shape index (κ2) is 6.51. The Hall–Kier alpha value is -1.18. The van der Waals surface area contributed by atoms with Crippen LogP contribution in [0.1, 0.15) is 20.0 Å². The number of nitrogens with two attached hydrogens (primary N) is 1. The minimum absolute atomic E-state index is 0.220. The van der Waals surface area contributed by atoms with E-state index in [9.17, 15) is 9.59 Å². The summed E-state index contributed by atoms with van der Waals surface area (Å²) in [4.78, 5) is 24.2. The normalized spacial score (nSPS) is 10.3. The standard InChI is InChI=1S/C13H9Br2NO3S/c14-8-4-7(5-9(15)12(8)16)13(18)19-6-10(17)11-2-1-3-20-11/h1-5H,6,16H2. The van der Waals surface area contributed by atoms with Crippen LogP contribution in [-0.4, -0.2) is 18.4 Å². The Kier molecular flexibility index (Phi) is 4.95. The third-order valence-corrected chi connectivity index (χ3v) is 4.67. The summed E-state index contributed by atoms with van der Waals surface area (Å²) >= 11 is 7.81. The smallest absolute Gasteiger partial charge is 0.338 e. The molecular formula is C13H9Br2NO3S. The molecule has 0 aliphatic rings. The van der Waals surface area contributed by atoms with E-state index in [1.807, 2.05) is 0 Å². The summed E-state index contributed by atoms with van der Waals surface area (Å²) in [6, 6.07) is 6.57. The molecule has 1 aromatic heterocycles. The molecular weight excluding hydrogens is 410 g/mol. The number of ether oxygens (including phenoxy) is 1. The van der Waals surface area contributed by atoms with Crippen LogP contribution in [0.2, 0.25) is 0 Å². The average molecular weight is 419 g/mol. The number of esters is 1. The third kappa shape index (κ3) is 3.47. The predicted molar refractivity (Wildman–Crippen MR) is 85.2 cm³/mol. The van der Waals surface area contributed by atoms with Crippen LogP contribution in [0.25, 0.3) is 0 Å². The number of benzene rings is 1. The molecule has 1 heterocycles. The molecule has 1 aromatic carbocycles. The number of hydrogen-bond donors (Lipinski definition) is 1. The number of ketones is 1. The summed E-state index contributed by atoms with van der Waals surface area (Å²) in [5, 5.41) is 1.79. The van der Waals surface area contributed by atoms with Gasteiger partial charge in [-0.1, -0.05) is 6.07 Å². The molecule has 0 bridgehead atoms. The first-order valence-electron chi connectivity index (χ1n) is 5.47. The number of Topliss-reactive ketones (excluding diaryl/α,β-unsaturated/α-hetero) is 1. The fourth-order valence-corrected chi connectivity index (χ4v) is 3.26. The van der Waals surface area contributed by atoms with Crippen molar-refractivity contribution < 1.29 is 14.3 Å². The molecule has 7 heteroatoms. The highest BCUT2D eigenvalue weighted by molar-refractivity contribution is 9.11. The number of carbonyl (C=O) groups is 2. The monoisotopic (exact) mass is 417 g/mol. The highest BCUT2D eigenvalue weighted by atomic mass is 79.9. The van der Waals surface area contributed by atoms with Gasteiger partial charge in [0.2, 0.25) is 5.78 Å². The first kappa shape index (κ1) is 15.2. The minimum atomic E-state index is -0.573. The second-order valence-corrected chi connectivity index (χ2v) is 6.49. The number of nitrogen functional groups attached to an aromatic ring is 1. The molecule has 0 spiro atoms. The summed E-state index contributed by atoms with van der Waals surface area (Å²) in [5.41, 5.74) is 6.55. The van der Waals surface area contributed by atoms with Gasteiger partial charge in [0.25, 0.3) is 0 Å². The van der Waals surface area contributed by atoms with Crippen molar-refractivity contribution in [3.8, 4) is 0 Å². The SMILES string of the molecule is Nc1c(Br)cc(C(=O)OCC(=O)c2cccs2)cc1Br. The summed E-state index contributed by atoms with van der Waals surface area (Å²) < 4.78 is 6.17. The van der Waals surface area contributed by atoms with Crippen LogP contribution in [0.4, 0.5) is 5.69 Å². The lowest BCUT2D eigenvalue weighted by Crippen LogP contribution is -2.13. The minimum Gasteiger partial charge on any atom is -0.454 e. The van der Waals surface area contributed by atoms with Crippen molar-refractivity contribution in [3.63, 3.8) is 0 Å². The molecule has 104 valence electrons. The molecule has 0 aliphatic heterocycles. The highest BCUT2D eigenvalue weighted by Gasteiger charge is 2.15. The van der Waals surface area contributed by atoms with Crippen LogP contribution in [0, 0.1) is 0 Å². The lowest BCUT2D eigenvalue weighted by atomic mass is 10.2. The lowest BCUT2D eigenvalue weighted by Gasteiger charge is -2.07. The van der Waals surface area contributed by atoms with Crippen LogP contribution < -0.4 is 5.73 Å². The Balaban J connectivity index is 2.04. The molecule has 20 heavy (non-hydrogen) atoms. The van der Waals surface area contributed by atoms with Crippen LogP contribution in [0.3, 0.4) is 0 Å². The summed E-state index contributed by atoms with van der Waals surface area (Å²) in [6.07, 6.45) is 0. The van der Waals surface area contributed by atoms with Crippen molar-refractivity contribution in [2.45, 2.75) is 0 Å². The number of anilines is 1. The Morgan fingerprint density at radius 3 is 2.45 bits per heavy atom. The van der Waals surface area contributed by atoms with Gasteiger partial charge < -0.3 is 10.5 Å². The first-order valence-corrected chi connectivity index (χ1v) is 7.94. The molecule has 0 atom stereocenters. The van der Waals surface area contributed by atoms with Gasteiger partial charge in [-0.25, -0.2) is 4.79 Å². The Morgan fingerprint density at radius 2 is 1.90 bits per heavy atom. The van der Waals surface area contributed by atoms with E-state index < -0.39 is 5.97 Å². The maximum Gasteiger partial charge on any atom is 0.338 e. The van der Waals surface area contributed by atoms with Gasteiger partial charge in [-0.05, 0) is 55.4 Å². The first-order chi connectivity index (χ1) is 9.49. The fraction of sp³-hybridized carbons (Fsp3) is 0.0769. The second-order valence-electron chi connectivity index (χ2n) is 3.83. The molecule has 0 saturated heterocycles. The molecule has 2 aromatic rings. The van der Waals surface area contributed by atoms with Gasteiger partial charge in [0.05, 0.1) is 16.1 Å². The zero-order valence-electron chi connectivity index (χ0n) is 10.1. The summed E-state index contributed by atoms with van der Waals surface area (Å²) in [6.45, 7) is -0.279. The van der Waals surface area contributed by atoms with Gasteiger partial charge in [0, 0.05) is 8.95 Å². The molecule has 0 aliphatic carbocycles. The Morgan fingerprint density at radius 1 is 1.25 bits per heavy atom. The van der Waals surface area contributed by atoms with Gasteiger partial charge in [-0.15, -0.1) is 11.3 Å². The average Bonchev–Trinajstić information content (AvgIpc) is 2.95. The van der Waals surface area contributed by atoms with Gasteiger partial charge in [0.1, 0.15) is 0 Å². The molecule has 0 radical (unpaired) electrons. The number of rotatable bonds is 4. The Labute approximate surface area is 136 Å². The quantitative estimate of drug-likeness (QED) is 0.464. The van der Waals surface area contributed by atoms with E-state index in [0.29, 0.717) is 25.1 Å². The van der Waals surface area contributed by atoms with E-state index in [1.54, 1.807) is 29.6 Å². The fourth-order valence-electron chi connectivity index (χ4n) is 1.42. The van der Waals surface area contributed by atoms with Crippen molar-refractivity contribution in [1.29, 1.82) is 0 Å². The van der Waals surface area contributed by atoms with Gasteiger partial charge >= 0.3 is 5.97 Å². The summed E-state index contributed by atoms with van der Waals surface area (Å²) in [5.74, 6) is -0.793. The molecule has 0 saturated carbocycles. The van der Waals surface area contributed by atoms with Crippen LogP contribution in [0.5, 0.6) is 0 Å². The number of hydrogen-bond acceptors (Lipinski definition) is 5. The van der Waals surface area contributed by atoms with E-state index >= 15 is 0 Å². The van der Waals surface area contributed by atoms with E-state index in [2.05, 4.69) is 31.9 Å². The topological polar surface area (TPSA) is 69.4 Å². The maximum atomic E-state index is 11.9. The van der Waals surface area contributed by atoms with E-state index in [-0.39, 0.29) is 12.4 Å². The third-order valence-electron chi connectivity index (χ3n) is 2.45. The Bertz CT molecular complexity index is 633.